The Labute approximate surface area is 160 Å². The Hall–Kier alpha value is -1.61. The lowest BCUT2D eigenvalue weighted by atomic mass is 9.96. The predicted molar refractivity (Wildman–Crippen MR) is 103 cm³/mol. The fourth-order valence-electron chi connectivity index (χ4n) is 2.14. The Balaban J connectivity index is 5.26. The predicted octanol–water partition coefficient (Wildman–Crippen LogP) is -0.470. The van der Waals surface area contributed by atoms with Crippen molar-refractivity contribution >= 4 is 36.6 Å². The van der Waals surface area contributed by atoms with Crippen LogP contribution in [0, 0.1) is 11.8 Å². The average Bonchev–Trinajstić information content (AvgIpc) is 2.60. The normalized spacial score (nSPS) is 16.8. The highest BCUT2D eigenvalue weighted by atomic mass is 32.1. The molecular weight excluding hydrogens is 356 g/mol. The van der Waals surface area contributed by atoms with E-state index in [0.29, 0.717) is 6.42 Å². The van der Waals surface area contributed by atoms with Gasteiger partial charge < -0.3 is 21.7 Å². The zero-order chi connectivity index (χ0) is 20.4. The van der Waals surface area contributed by atoms with Crippen LogP contribution in [-0.2, 0) is 19.2 Å². The molecule has 0 fully saturated rings. The molecule has 5 atom stereocenters. The number of hydrogen-bond donors (Lipinski definition) is 5. The van der Waals surface area contributed by atoms with Gasteiger partial charge in [-0.25, -0.2) is 0 Å². The fraction of sp³-hybridized carbons (Fsp3) is 0.765. The van der Waals surface area contributed by atoms with E-state index in [1.54, 1.807) is 20.1 Å². The molecule has 8 nitrogen and oxygen atoms in total. The van der Waals surface area contributed by atoms with Gasteiger partial charge in [0.25, 0.3) is 0 Å². The monoisotopic (exact) mass is 387 g/mol. The standard InChI is InChI=1S/C17H31N4O4S/c1-6-10(4)14(21-15(23)11(5)18)17(25)20-13(9(2)3)16(24)19-12(7-22)8-26/h9-14,26H,6,8,18H2,1-5H3,(H,19,24)(H,20,25)(H,21,23)/t10-,11-,12+,13-,14-/m0/s1. The van der Waals surface area contributed by atoms with Crippen LogP contribution >= 0.6 is 12.6 Å². The lowest BCUT2D eigenvalue weighted by molar-refractivity contribution is -0.134. The number of rotatable bonds is 11. The lowest BCUT2D eigenvalue weighted by Gasteiger charge is -2.28. The molecule has 0 aliphatic heterocycles. The lowest BCUT2D eigenvalue weighted by Crippen LogP contribution is -2.59. The van der Waals surface area contributed by atoms with Crippen LogP contribution in [-0.4, -0.2) is 53.9 Å². The van der Waals surface area contributed by atoms with Crippen molar-refractivity contribution in [2.24, 2.45) is 17.6 Å². The second-order valence-corrected chi connectivity index (χ2v) is 7.12. The Bertz CT molecular complexity index is 499. The number of thiol groups is 1. The van der Waals surface area contributed by atoms with E-state index in [1.807, 2.05) is 13.8 Å². The summed E-state index contributed by atoms with van der Waals surface area (Å²) in [6, 6.07) is -3.28. The molecule has 1 radical (unpaired) electrons. The fourth-order valence-corrected chi connectivity index (χ4v) is 2.30. The Morgan fingerprint density at radius 2 is 1.46 bits per heavy atom. The second-order valence-electron chi connectivity index (χ2n) is 6.75. The van der Waals surface area contributed by atoms with Crippen molar-refractivity contribution in [3.8, 4) is 0 Å². The third-order valence-electron chi connectivity index (χ3n) is 4.09. The molecular formula is C17H31N4O4S. The van der Waals surface area contributed by atoms with Gasteiger partial charge in [0.1, 0.15) is 18.1 Å². The first-order valence-corrected chi connectivity index (χ1v) is 9.37. The molecule has 0 heterocycles. The summed E-state index contributed by atoms with van der Waals surface area (Å²) < 4.78 is 0. The van der Waals surface area contributed by atoms with Crippen molar-refractivity contribution in [2.75, 3.05) is 5.75 Å². The molecule has 0 aromatic rings. The van der Waals surface area contributed by atoms with Crippen molar-refractivity contribution < 1.29 is 19.2 Å². The average molecular weight is 388 g/mol. The summed E-state index contributed by atoms with van der Waals surface area (Å²) in [5, 5.41) is 7.78. The van der Waals surface area contributed by atoms with Gasteiger partial charge in [0.15, 0.2) is 0 Å². The van der Waals surface area contributed by atoms with Crippen molar-refractivity contribution in [3.63, 3.8) is 0 Å². The molecule has 9 heteroatoms. The molecule has 0 saturated carbocycles. The molecule has 149 valence electrons. The van der Waals surface area contributed by atoms with Gasteiger partial charge in [0.2, 0.25) is 24.0 Å². The molecule has 26 heavy (non-hydrogen) atoms. The van der Waals surface area contributed by atoms with E-state index in [0.717, 1.165) is 0 Å². The number of hydrogen-bond acceptors (Lipinski definition) is 6. The highest BCUT2D eigenvalue weighted by Crippen LogP contribution is 2.10. The molecule has 0 bridgehead atoms. The molecule has 0 unspecified atom stereocenters. The first kappa shape index (κ1) is 24.4. The molecule has 0 aliphatic rings. The van der Waals surface area contributed by atoms with Crippen molar-refractivity contribution in [2.45, 2.75) is 65.2 Å². The molecule has 0 rings (SSSR count). The summed E-state index contributed by atoms with van der Waals surface area (Å²) in [7, 11) is 0. The van der Waals surface area contributed by atoms with E-state index in [1.165, 1.54) is 6.92 Å². The van der Waals surface area contributed by atoms with E-state index in [-0.39, 0.29) is 17.6 Å². The van der Waals surface area contributed by atoms with Crippen LogP contribution in [0.2, 0.25) is 0 Å². The van der Waals surface area contributed by atoms with E-state index in [9.17, 15) is 19.2 Å². The minimum Gasteiger partial charge on any atom is -0.343 e. The van der Waals surface area contributed by atoms with Gasteiger partial charge in [0, 0.05) is 5.75 Å². The van der Waals surface area contributed by atoms with Crippen molar-refractivity contribution in [1.29, 1.82) is 0 Å². The van der Waals surface area contributed by atoms with Crippen molar-refractivity contribution in [3.05, 3.63) is 0 Å². The van der Waals surface area contributed by atoms with E-state index in [4.69, 9.17) is 5.73 Å². The van der Waals surface area contributed by atoms with Crippen LogP contribution in [0.15, 0.2) is 0 Å². The van der Waals surface area contributed by atoms with E-state index >= 15 is 0 Å². The van der Waals surface area contributed by atoms with Crippen LogP contribution in [0.3, 0.4) is 0 Å². The van der Waals surface area contributed by atoms with Gasteiger partial charge >= 0.3 is 0 Å². The number of carbonyl (C=O) groups is 3. The zero-order valence-corrected chi connectivity index (χ0v) is 16.9. The Kier molecular flexibility index (Phi) is 11.2. The first-order valence-electron chi connectivity index (χ1n) is 8.74. The summed E-state index contributed by atoms with van der Waals surface area (Å²) >= 11 is 3.97. The Morgan fingerprint density at radius 3 is 1.85 bits per heavy atom. The maximum atomic E-state index is 12.7. The maximum Gasteiger partial charge on any atom is 0.243 e. The van der Waals surface area contributed by atoms with Crippen LogP contribution in [0.25, 0.3) is 0 Å². The molecule has 5 N–H and O–H groups in total. The SMILES string of the molecule is CC[C@H](C)[C@H](NC(=O)[C@H](C)N)C(=O)N[C@H](C(=O)N[C@H]([C]=O)CS)C(C)C. The number of nitrogens with two attached hydrogens (primary N) is 1. The number of nitrogens with one attached hydrogen (secondary N) is 3. The van der Waals surface area contributed by atoms with E-state index < -0.39 is 41.9 Å². The molecule has 0 aliphatic carbocycles. The van der Waals surface area contributed by atoms with Gasteiger partial charge in [-0.1, -0.05) is 34.1 Å². The highest BCUT2D eigenvalue weighted by molar-refractivity contribution is 7.80. The van der Waals surface area contributed by atoms with Gasteiger partial charge in [-0.15, -0.1) is 0 Å². The number of carbonyl (C=O) groups excluding carboxylic acids is 4. The Morgan fingerprint density at radius 1 is 0.962 bits per heavy atom. The molecule has 0 saturated heterocycles. The zero-order valence-electron chi connectivity index (χ0n) is 16.0. The smallest absolute Gasteiger partial charge is 0.243 e. The maximum absolute atomic E-state index is 12.7. The second kappa shape index (κ2) is 11.9. The van der Waals surface area contributed by atoms with Crippen LogP contribution in [0.1, 0.15) is 41.0 Å². The quantitative estimate of drug-likeness (QED) is 0.306. The van der Waals surface area contributed by atoms with Gasteiger partial charge in [0.05, 0.1) is 6.04 Å². The minimum atomic E-state index is -0.864. The molecule has 0 spiro atoms. The summed E-state index contributed by atoms with van der Waals surface area (Å²) in [6.07, 6.45) is 2.33. The van der Waals surface area contributed by atoms with E-state index in [2.05, 4.69) is 28.6 Å². The molecule has 0 aromatic heterocycles. The summed E-state index contributed by atoms with van der Waals surface area (Å²) in [5.74, 6) is -1.69. The summed E-state index contributed by atoms with van der Waals surface area (Å²) in [5.41, 5.74) is 5.56. The van der Waals surface area contributed by atoms with Gasteiger partial charge in [-0.3, -0.25) is 19.2 Å². The summed E-state index contributed by atoms with van der Waals surface area (Å²) in [4.78, 5) is 47.8. The topological polar surface area (TPSA) is 130 Å². The first-order chi connectivity index (χ1) is 12.1. The number of amides is 3. The van der Waals surface area contributed by atoms with Crippen LogP contribution < -0.4 is 21.7 Å². The van der Waals surface area contributed by atoms with Crippen LogP contribution in [0.5, 0.6) is 0 Å². The molecule has 3 amide bonds. The summed E-state index contributed by atoms with van der Waals surface area (Å²) in [6.45, 7) is 8.79. The van der Waals surface area contributed by atoms with Gasteiger partial charge in [-0.05, 0) is 18.8 Å². The van der Waals surface area contributed by atoms with Gasteiger partial charge in [-0.2, -0.15) is 12.6 Å². The highest BCUT2D eigenvalue weighted by Gasteiger charge is 2.32. The molecule has 0 aromatic carbocycles. The van der Waals surface area contributed by atoms with Crippen molar-refractivity contribution in [1.82, 2.24) is 16.0 Å². The van der Waals surface area contributed by atoms with Crippen LogP contribution in [0.4, 0.5) is 0 Å². The minimum absolute atomic E-state index is 0.105. The third-order valence-corrected chi connectivity index (χ3v) is 4.46. The third kappa shape index (κ3) is 7.74. The largest absolute Gasteiger partial charge is 0.343 e.